The maximum Gasteiger partial charge on any atom is 0.253 e. The molecule has 0 bridgehead atoms. The van der Waals surface area contributed by atoms with Gasteiger partial charge < -0.3 is 20.9 Å². The number of likely N-dealkylation sites (tertiary alicyclic amines) is 1. The monoisotopic (exact) mass is 516 g/mol. The molecule has 0 aromatic heterocycles. The topological polar surface area (TPSA) is 170 Å². The summed E-state index contributed by atoms with van der Waals surface area (Å²) in [6, 6.07) is 12.6. The van der Waals surface area contributed by atoms with Crippen LogP contribution in [0.2, 0.25) is 0 Å². The molecule has 2 amide bonds. The minimum Gasteiger partial charge on any atom is -0.385 e. The standard InChI is InChI=1S/C27H32N8O3/c1-34(2)25(38)18-6-8-23-21(13-18)20-12-17(16-36)5-7-22(20)27(23,26(29)32-33-30)9-10-31-15-24(37)35-11-3-4-19(35)14-28/h5-8,12-13,16,19,31,33H,3-4,9-11,15,30H2,1-2H3,(H2,29,32)/t19-,27?/m0/s1. The van der Waals surface area contributed by atoms with Crippen molar-refractivity contribution in [2.24, 2.45) is 16.7 Å². The Balaban J connectivity index is 1.71. The predicted octanol–water partition coefficient (Wildman–Crippen LogP) is 0.697. The first-order chi connectivity index (χ1) is 18.3. The molecule has 2 aromatic carbocycles. The van der Waals surface area contributed by atoms with E-state index in [4.69, 9.17) is 11.6 Å². The van der Waals surface area contributed by atoms with Crippen molar-refractivity contribution in [2.45, 2.75) is 30.7 Å². The van der Waals surface area contributed by atoms with E-state index in [1.165, 1.54) is 4.90 Å². The van der Waals surface area contributed by atoms with E-state index in [0.717, 1.165) is 35.0 Å². The van der Waals surface area contributed by atoms with Gasteiger partial charge in [0.1, 0.15) is 18.2 Å². The smallest absolute Gasteiger partial charge is 0.253 e. The highest BCUT2D eigenvalue weighted by Gasteiger charge is 2.47. The van der Waals surface area contributed by atoms with E-state index < -0.39 is 5.41 Å². The first kappa shape index (κ1) is 26.8. The maximum absolute atomic E-state index is 12.7. The van der Waals surface area contributed by atoms with Crippen molar-refractivity contribution in [1.29, 1.82) is 5.26 Å². The first-order valence-electron chi connectivity index (χ1n) is 12.4. The van der Waals surface area contributed by atoms with Gasteiger partial charge in [-0.2, -0.15) is 10.4 Å². The number of hydrazone groups is 1. The van der Waals surface area contributed by atoms with Gasteiger partial charge in [-0.15, -0.1) is 0 Å². The molecule has 11 heteroatoms. The van der Waals surface area contributed by atoms with E-state index in [-0.39, 0.29) is 30.2 Å². The van der Waals surface area contributed by atoms with E-state index in [1.807, 2.05) is 18.2 Å². The molecule has 2 aliphatic rings. The van der Waals surface area contributed by atoms with Crippen LogP contribution in [0.4, 0.5) is 0 Å². The summed E-state index contributed by atoms with van der Waals surface area (Å²) < 4.78 is 0. The third-order valence-corrected chi connectivity index (χ3v) is 7.36. The van der Waals surface area contributed by atoms with Crippen molar-refractivity contribution in [3.63, 3.8) is 0 Å². The maximum atomic E-state index is 12.7. The zero-order valence-corrected chi connectivity index (χ0v) is 21.5. The van der Waals surface area contributed by atoms with Gasteiger partial charge in [0.25, 0.3) is 5.91 Å². The number of nitrogens with two attached hydrogens (primary N) is 2. The van der Waals surface area contributed by atoms with Crippen LogP contribution >= 0.6 is 0 Å². The third-order valence-electron chi connectivity index (χ3n) is 7.36. The van der Waals surface area contributed by atoms with E-state index in [2.05, 4.69) is 22.0 Å². The van der Waals surface area contributed by atoms with Crippen LogP contribution in [0.25, 0.3) is 11.1 Å². The van der Waals surface area contributed by atoms with Crippen molar-refractivity contribution >= 4 is 23.9 Å². The van der Waals surface area contributed by atoms with Crippen LogP contribution in [0, 0.1) is 11.3 Å². The summed E-state index contributed by atoms with van der Waals surface area (Å²) in [4.78, 5) is 40.2. The summed E-state index contributed by atoms with van der Waals surface area (Å²) in [6.07, 6.45) is 2.70. The number of hydrogen-bond donors (Lipinski definition) is 4. The summed E-state index contributed by atoms with van der Waals surface area (Å²) in [5, 5.41) is 16.6. The molecule has 6 N–H and O–H groups in total. The molecule has 2 aromatic rings. The number of aldehydes is 1. The van der Waals surface area contributed by atoms with Crippen LogP contribution in [0.15, 0.2) is 41.5 Å². The molecule has 1 saturated heterocycles. The predicted molar refractivity (Wildman–Crippen MR) is 143 cm³/mol. The molecule has 38 heavy (non-hydrogen) atoms. The van der Waals surface area contributed by atoms with Gasteiger partial charge in [0, 0.05) is 31.8 Å². The van der Waals surface area contributed by atoms with E-state index in [0.29, 0.717) is 37.1 Å². The zero-order chi connectivity index (χ0) is 27.4. The lowest BCUT2D eigenvalue weighted by Gasteiger charge is -2.32. The van der Waals surface area contributed by atoms with Crippen LogP contribution in [0.1, 0.15) is 51.1 Å². The Bertz CT molecular complexity index is 1330. The highest BCUT2D eigenvalue weighted by Crippen LogP contribution is 2.51. The average Bonchev–Trinajstić information content (AvgIpc) is 3.51. The Kier molecular flexibility index (Phi) is 7.75. The molecule has 1 heterocycles. The fourth-order valence-corrected chi connectivity index (χ4v) is 5.52. The molecule has 1 unspecified atom stereocenters. The summed E-state index contributed by atoms with van der Waals surface area (Å²) in [5.41, 5.74) is 12.1. The Labute approximate surface area is 221 Å². The first-order valence-corrected chi connectivity index (χ1v) is 12.4. The minimum absolute atomic E-state index is 0.0838. The fourth-order valence-electron chi connectivity index (χ4n) is 5.52. The molecule has 2 atom stereocenters. The lowest BCUT2D eigenvalue weighted by Crippen LogP contribution is -2.46. The van der Waals surface area contributed by atoms with Crippen LogP contribution in [0.5, 0.6) is 0 Å². The molecule has 1 aliphatic carbocycles. The van der Waals surface area contributed by atoms with Crippen molar-refractivity contribution in [2.75, 3.05) is 33.7 Å². The number of carbonyl (C=O) groups is 3. The second-order valence-electron chi connectivity index (χ2n) is 9.72. The fraction of sp³-hybridized carbons (Fsp3) is 0.370. The lowest BCUT2D eigenvalue weighted by atomic mass is 9.74. The number of fused-ring (bicyclic) bond motifs is 3. The number of hydrazine groups is 1. The van der Waals surface area contributed by atoms with Gasteiger partial charge in [0.15, 0.2) is 0 Å². The highest BCUT2D eigenvalue weighted by atomic mass is 16.2. The van der Waals surface area contributed by atoms with Gasteiger partial charge in [0.2, 0.25) is 5.91 Å². The van der Waals surface area contributed by atoms with Gasteiger partial charge in [-0.05, 0) is 66.3 Å². The van der Waals surface area contributed by atoms with Crippen molar-refractivity contribution in [3.8, 4) is 17.2 Å². The quantitative estimate of drug-likeness (QED) is 0.0942. The number of rotatable bonds is 9. The van der Waals surface area contributed by atoms with Gasteiger partial charge >= 0.3 is 0 Å². The van der Waals surface area contributed by atoms with E-state index in [1.54, 1.807) is 37.2 Å². The number of amides is 2. The molecular formula is C27H32N8O3. The van der Waals surface area contributed by atoms with E-state index >= 15 is 0 Å². The van der Waals surface area contributed by atoms with Gasteiger partial charge in [-0.25, -0.2) is 11.4 Å². The Hall–Kier alpha value is -4.27. The van der Waals surface area contributed by atoms with Gasteiger partial charge in [-0.3, -0.25) is 14.4 Å². The number of nitrogens with zero attached hydrogens (tertiary/aromatic N) is 4. The second-order valence-corrected chi connectivity index (χ2v) is 9.72. The normalized spacial score (nSPS) is 19.9. The summed E-state index contributed by atoms with van der Waals surface area (Å²) >= 11 is 0. The largest absolute Gasteiger partial charge is 0.385 e. The number of carbonyl (C=O) groups excluding carboxylic acids is 3. The summed E-state index contributed by atoms with van der Waals surface area (Å²) in [6.45, 7) is 1.06. The van der Waals surface area contributed by atoms with Crippen molar-refractivity contribution in [1.82, 2.24) is 20.7 Å². The van der Waals surface area contributed by atoms with E-state index in [9.17, 15) is 19.6 Å². The van der Waals surface area contributed by atoms with Crippen molar-refractivity contribution < 1.29 is 14.4 Å². The van der Waals surface area contributed by atoms with Crippen LogP contribution in [-0.4, -0.2) is 73.5 Å². The number of benzene rings is 2. The van der Waals surface area contributed by atoms with Crippen molar-refractivity contribution in [3.05, 3.63) is 58.7 Å². The molecule has 1 fully saturated rings. The molecular weight excluding hydrogens is 484 g/mol. The summed E-state index contributed by atoms with van der Waals surface area (Å²) in [7, 11) is 3.37. The average molecular weight is 517 g/mol. The molecule has 198 valence electrons. The number of nitrogens with one attached hydrogen (secondary N) is 2. The van der Waals surface area contributed by atoms with Gasteiger partial charge in [0.05, 0.1) is 18.0 Å². The SMILES string of the molecule is CN(C)C(=O)c1ccc2c(c1)-c1cc(C=O)ccc1C2(CCNCC(=O)N1CCC[C@H]1C#N)/C(N)=N/NN. The number of nitriles is 1. The Morgan fingerprint density at radius 3 is 2.61 bits per heavy atom. The molecule has 1 aliphatic heterocycles. The van der Waals surface area contributed by atoms with Crippen LogP contribution in [-0.2, 0) is 10.2 Å². The Morgan fingerprint density at radius 1 is 1.24 bits per heavy atom. The third kappa shape index (κ3) is 4.60. The molecule has 4 rings (SSSR count). The molecule has 0 saturated carbocycles. The highest BCUT2D eigenvalue weighted by molar-refractivity contribution is 6.05. The molecule has 11 nitrogen and oxygen atoms in total. The number of amidine groups is 1. The molecule has 0 spiro atoms. The lowest BCUT2D eigenvalue weighted by molar-refractivity contribution is -0.130. The number of hydrogen-bond acceptors (Lipinski definition) is 8. The van der Waals surface area contributed by atoms with Crippen LogP contribution < -0.4 is 22.4 Å². The minimum atomic E-state index is -0.934. The summed E-state index contributed by atoms with van der Waals surface area (Å²) in [5.74, 6) is 5.46. The Morgan fingerprint density at radius 2 is 1.95 bits per heavy atom. The molecule has 0 radical (unpaired) electrons. The van der Waals surface area contributed by atoms with Crippen LogP contribution in [0.3, 0.4) is 0 Å². The van der Waals surface area contributed by atoms with Gasteiger partial charge in [-0.1, -0.05) is 18.2 Å². The second kappa shape index (κ2) is 11.0. The zero-order valence-electron chi connectivity index (χ0n) is 21.5.